The maximum absolute atomic E-state index is 12.6. The molecule has 1 aliphatic carbocycles. The van der Waals surface area contributed by atoms with Crippen molar-refractivity contribution >= 4 is 39.8 Å². The molecule has 1 heterocycles. The van der Waals surface area contributed by atoms with E-state index in [9.17, 15) is 10.1 Å². The average Bonchev–Trinajstić information content (AvgIpc) is 3.16. The lowest BCUT2D eigenvalue weighted by atomic mass is 9.83. The smallest absolute Gasteiger partial charge is 0.234 e. The lowest BCUT2D eigenvalue weighted by Gasteiger charge is -2.32. The van der Waals surface area contributed by atoms with Crippen LogP contribution in [-0.4, -0.2) is 34.0 Å². The number of carbonyl (C=O) groups is 1. The van der Waals surface area contributed by atoms with Gasteiger partial charge in [-0.15, -0.1) is 10.2 Å². The van der Waals surface area contributed by atoms with Crippen LogP contribution in [0.4, 0.5) is 10.8 Å². The van der Waals surface area contributed by atoms with Gasteiger partial charge in [-0.1, -0.05) is 42.4 Å². The van der Waals surface area contributed by atoms with Crippen LogP contribution in [0.3, 0.4) is 0 Å². The van der Waals surface area contributed by atoms with E-state index in [2.05, 4.69) is 26.9 Å². The minimum absolute atomic E-state index is 0.131. The number of nitriles is 1. The molecule has 9 heteroatoms. The highest BCUT2D eigenvalue weighted by atomic mass is 32.2. The molecule has 0 saturated heterocycles. The van der Waals surface area contributed by atoms with Crippen molar-refractivity contribution in [2.45, 2.75) is 54.2 Å². The number of benzene rings is 1. The van der Waals surface area contributed by atoms with Crippen LogP contribution in [0.15, 0.2) is 28.6 Å². The van der Waals surface area contributed by atoms with Gasteiger partial charge in [0.2, 0.25) is 11.0 Å². The lowest BCUT2D eigenvalue weighted by molar-refractivity contribution is -0.121. The molecule has 3 rings (SSSR count). The Morgan fingerprint density at radius 3 is 2.64 bits per heavy atom. The van der Waals surface area contributed by atoms with E-state index in [1.54, 1.807) is 7.11 Å². The summed E-state index contributed by atoms with van der Waals surface area (Å²) in [6.45, 7) is 1.83. The molecule has 0 spiro atoms. The second-order valence-corrected chi connectivity index (χ2v) is 9.30. The zero-order valence-electron chi connectivity index (χ0n) is 15.9. The molecule has 7 nitrogen and oxygen atoms in total. The van der Waals surface area contributed by atoms with E-state index in [4.69, 9.17) is 4.74 Å². The molecule has 148 valence electrons. The Kier molecular flexibility index (Phi) is 6.75. The van der Waals surface area contributed by atoms with Crippen LogP contribution in [0, 0.1) is 11.3 Å². The fourth-order valence-electron chi connectivity index (χ4n) is 3.07. The van der Waals surface area contributed by atoms with Crippen molar-refractivity contribution in [3.63, 3.8) is 0 Å². The number of hydrogen-bond donors (Lipinski definition) is 2. The molecule has 1 unspecified atom stereocenters. The number of aromatic nitrogens is 2. The van der Waals surface area contributed by atoms with Gasteiger partial charge in [-0.3, -0.25) is 4.79 Å². The van der Waals surface area contributed by atoms with Gasteiger partial charge in [0.15, 0.2) is 4.34 Å². The quantitative estimate of drug-likeness (QED) is 0.654. The van der Waals surface area contributed by atoms with Crippen molar-refractivity contribution in [2.75, 3.05) is 12.4 Å². The molecule has 0 bridgehead atoms. The minimum atomic E-state index is -0.716. The first-order valence-corrected chi connectivity index (χ1v) is 10.9. The molecule has 1 saturated carbocycles. The molecule has 1 aromatic carbocycles. The van der Waals surface area contributed by atoms with Crippen molar-refractivity contribution in [2.24, 2.45) is 0 Å². The highest BCUT2D eigenvalue weighted by Crippen LogP contribution is 2.32. The Morgan fingerprint density at radius 2 is 2.00 bits per heavy atom. The van der Waals surface area contributed by atoms with Gasteiger partial charge in [-0.25, -0.2) is 0 Å². The van der Waals surface area contributed by atoms with Gasteiger partial charge in [-0.05, 0) is 44.0 Å². The number of hydrogen-bond acceptors (Lipinski definition) is 8. The second-order valence-electron chi connectivity index (χ2n) is 6.73. The second kappa shape index (κ2) is 9.26. The van der Waals surface area contributed by atoms with E-state index in [0.717, 1.165) is 43.5 Å². The SMILES string of the molecule is COc1ccc(Nc2nnc(SC(C)C(=O)NC3(C#N)CCCCC3)s2)cc1. The fraction of sp³-hybridized carbons (Fsp3) is 0.474. The van der Waals surface area contributed by atoms with Crippen LogP contribution in [0.5, 0.6) is 5.75 Å². The zero-order valence-corrected chi connectivity index (χ0v) is 17.5. The molecule has 0 radical (unpaired) electrons. The van der Waals surface area contributed by atoms with Crippen molar-refractivity contribution in [3.05, 3.63) is 24.3 Å². The Balaban J connectivity index is 1.56. The first-order valence-electron chi connectivity index (χ1n) is 9.18. The summed E-state index contributed by atoms with van der Waals surface area (Å²) < 4.78 is 5.85. The molecule has 2 N–H and O–H groups in total. The Morgan fingerprint density at radius 1 is 1.29 bits per heavy atom. The zero-order chi connectivity index (χ0) is 20.0. The van der Waals surface area contributed by atoms with Crippen molar-refractivity contribution < 1.29 is 9.53 Å². The molecule has 0 aliphatic heterocycles. The molecule has 1 fully saturated rings. The number of carbonyl (C=O) groups excluding carboxylic acids is 1. The summed E-state index contributed by atoms with van der Waals surface area (Å²) in [4.78, 5) is 12.6. The van der Waals surface area contributed by atoms with Crippen LogP contribution in [0.25, 0.3) is 0 Å². The first kappa shape index (κ1) is 20.4. The van der Waals surface area contributed by atoms with Crippen LogP contribution in [0.1, 0.15) is 39.0 Å². The van der Waals surface area contributed by atoms with Gasteiger partial charge in [0.1, 0.15) is 11.3 Å². The number of anilines is 2. The van der Waals surface area contributed by atoms with Gasteiger partial charge in [0, 0.05) is 5.69 Å². The topological polar surface area (TPSA) is 99.9 Å². The summed E-state index contributed by atoms with van der Waals surface area (Å²) in [6, 6.07) is 9.84. The van der Waals surface area contributed by atoms with Gasteiger partial charge in [-0.2, -0.15) is 5.26 Å². The average molecular weight is 418 g/mol. The summed E-state index contributed by atoms with van der Waals surface area (Å²) in [7, 11) is 1.63. The third-order valence-corrected chi connectivity index (χ3v) is 6.70. The van der Waals surface area contributed by atoms with Crippen molar-refractivity contribution in [3.8, 4) is 11.8 Å². The molecule has 28 heavy (non-hydrogen) atoms. The molecular weight excluding hydrogens is 394 g/mol. The number of rotatable bonds is 7. The summed E-state index contributed by atoms with van der Waals surface area (Å²) >= 11 is 2.74. The number of amides is 1. The molecule has 1 aliphatic rings. The first-order chi connectivity index (χ1) is 13.5. The number of nitrogens with zero attached hydrogens (tertiary/aromatic N) is 3. The van der Waals surface area contributed by atoms with Crippen LogP contribution < -0.4 is 15.4 Å². The maximum atomic E-state index is 12.6. The molecular formula is C19H23N5O2S2. The third-order valence-electron chi connectivity index (χ3n) is 4.68. The third kappa shape index (κ3) is 5.14. The Hall–Kier alpha value is -2.31. The summed E-state index contributed by atoms with van der Waals surface area (Å²) in [5.41, 5.74) is 0.166. The molecule has 2 aromatic rings. The standard InChI is InChI=1S/C19H23N5O2S2/c1-13(16(25)22-19(12-20)10-4-3-5-11-19)27-18-24-23-17(28-18)21-14-6-8-15(26-2)9-7-14/h6-9,13H,3-5,10-11H2,1-2H3,(H,21,23)(H,22,25). The summed E-state index contributed by atoms with van der Waals surface area (Å²) in [5.74, 6) is 0.653. The number of ether oxygens (including phenoxy) is 1. The predicted octanol–water partition coefficient (Wildman–Crippen LogP) is 4.11. The number of methoxy groups -OCH3 is 1. The van der Waals surface area contributed by atoms with E-state index < -0.39 is 5.54 Å². The number of thioether (sulfide) groups is 1. The van der Waals surface area contributed by atoms with Gasteiger partial charge in [0.05, 0.1) is 18.4 Å². The molecule has 1 aromatic heterocycles. The van der Waals surface area contributed by atoms with E-state index in [1.807, 2.05) is 31.2 Å². The number of nitrogens with one attached hydrogen (secondary N) is 2. The molecule has 1 atom stereocenters. The fourth-order valence-corrected chi connectivity index (χ4v) is 4.98. The molecule has 1 amide bonds. The van der Waals surface area contributed by atoms with E-state index >= 15 is 0 Å². The summed E-state index contributed by atoms with van der Waals surface area (Å²) in [6.07, 6.45) is 4.53. The normalized spacial score (nSPS) is 16.6. The van der Waals surface area contributed by atoms with E-state index in [1.165, 1.54) is 23.1 Å². The van der Waals surface area contributed by atoms with Crippen LogP contribution >= 0.6 is 23.1 Å². The van der Waals surface area contributed by atoms with E-state index in [-0.39, 0.29) is 11.2 Å². The van der Waals surface area contributed by atoms with Gasteiger partial charge >= 0.3 is 0 Å². The van der Waals surface area contributed by atoms with Gasteiger partial charge in [0.25, 0.3) is 0 Å². The predicted molar refractivity (Wildman–Crippen MR) is 111 cm³/mol. The largest absolute Gasteiger partial charge is 0.497 e. The Bertz CT molecular complexity index is 841. The summed E-state index contributed by atoms with van der Waals surface area (Å²) in [5, 5.41) is 24.3. The van der Waals surface area contributed by atoms with Gasteiger partial charge < -0.3 is 15.4 Å². The van der Waals surface area contributed by atoms with E-state index in [0.29, 0.717) is 9.47 Å². The van der Waals surface area contributed by atoms with Crippen molar-refractivity contribution in [1.29, 1.82) is 5.26 Å². The maximum Gasteiger partial charge on any atom is 0.234 e. The minimum Gasteiger partial charge on any atom is -0.497 e. The lowest BCUT2D eigenvalue weighted by Crippen LogP contribution is -2.50. The highest BCUT2D eigenvalue weighted by molar-refractivity contribution is 8.02. The monoisotopic (exact) mass is 417 g/mol. The van der Waals surface area contributed by atoms with Crippen molar-refractivity contribution in [1.82, 2.24) is 15.5 Å². The highest BCUT2D eigenvalue weighted by Gasteiger charge is 2.35. The van der Waals surface area contributed by atoms with Crippen LogP contribution in [0.2, 0.25) is 0 Å². The Labute approximate surface area is 172 Å². The van der Waals surface area contributed by atoms with Crippen LogP contribution in [-0.2, 0) is 4.79 Å².